The number of rotatable bonds is 8. The standard InChI is InChI=1S/C29H28FN3O3.2C2H6.2CH2O/c1-17(2)33-28(34)21-7-5-6-19(14-21)23-16-24-25(15-20(23)12-13-31-3)36-27(26(24)29(35)32-4)18-8-10-22(30)11-9-18;4*1-2/h5-11,14-16,31H,1,12-13H2,2-4H3,(H,32,35)(H,33,34);2*1-2H3;2*1H2. The van der Waals surface area contributed by atoms with Crippen LogP contribution in [0.5, 0.6) is 0 Å². The monoisotopic (exact) mass is 605 g/mol. The molecule has 0 saturated carbocycles. The summed E-state index contributed by atoms with van der Waals surface area (Å²) in [6.45, 7) is 18.2. The molecule has 0 fully saturated rings. The van der Waals surface area contributed by atoms with Gasteiger partial charge in [-0.2, -0.15) is 0 Å². The van der Waals surface area contributed by atoms with Crippen molar-refractivity contribution in [3.8, 4) is 22.5 Å². The molecule has 0 aliphatic heterocycles. The summed E-state index contributed by atoms with van der Waals surface area (Å²) in [5.74, 6) is -0.550. The second kappa shape index (κ2) is 20.9. The van der Waals surface area contributed by atoms with E-state index in [0.717, 1.165) is 23.2 Å². The molecule has 236 valence electrons. The molecule has 4 rings (SSSR count). The summed E-state index contributed by atoms with van der Waals surface area (Å²) in [5.41, 5.74) is 5.31. The molecule has 2 amide bonds. The fourth-order valence-corrected chi connectivity index (χ4v) is 4.17. The predicted octanol–water partition coefficient (Wildman–Crippen LogP) is 6.97. The highest BCUT2D eigenvalue weighted by molar-refractivity contribution is 6.12. The van der Waals surface area contributed by atoms with Gasteiger partial charge in [0.25, 0.3) is 11.8 Å². The minimum Gasteiger partial charge on any atom is -0.455 e. The van der Waals surface area contributed by atoms with Gasteiger partial charge in [0.15, 0.2) is 0 Å². The molecule has 8 nitrogen and oxygen atoms in total. The first kappa shape index (κ1) is 39.1. The van der Waals surface area contributed by atoms with E-state index in [1.54, 1.807) is 32.2 Å². The number of carbonyl (C=O) groups excluding carboxylic acids is 4. The van der Waals surface area contributed by atoms with Crippen molar-refractivity contribution in [2.75, 3.05) is 20.6 Å². The normalized spacial score (nSPS) is 9.36. The maximum atomic E-state index is 13.6. The first-order valence-corrected chi connectivity index (χ1v) is 14.2. The molecule has 3 aromatic carbocycles. The number of nitrogens with one attached hydrogen (secondary N) is 3. The Kier molecular flexibility index (Phi) is 18.6. The van der Waals surface area contributed by atoms with Gasteiger partial charge in [0.2, 0.25) is 0 Å². The van der Waals surface area contributed by atoms with Gasteiger partial charge in [-0.15, -0.1) is 0 Å². The molecule has 3 N–H and O–H groups in total. The van der Waals surface area contributed by atoms with Crippen LogP contribution in [-0.4, -0.2) is 46.0 Å². The van der Waals surface area contributed by atoms with E-state index in [1.807, 2.05) is 78.7 Å². The van der Waals surface area contributed by atoms with E-state index < -0.39 is 0 Å². The van der Waals surface area contributed by atoms with Crippen molar-refractivity contribution in [2.24, 2.45) is 0 Å². The Balaban J connectivity index is 0.00000214. The third-order valence-electron chi connectivity index (χ3n) is 5.88. The van der Waals surface area contributed by atoms with Crippen molar-refractivity contribution in [1.82, 2.24) is 16.0 Å². The van der Waals surface area contributed by atoms with Gasteiger partial charge in [-0.3, -0.25) is 9.59 Å². The molecule has 1 heterocycles. The maximum absolute atomic E-state index is 13.6. The number of hydrogen-bond donors (Lipinski definition) is 3. The fourth-order valence-electron chi connectivity index (χ4n) is 4.17. The number of fused-ring (bicyclic) bond motifs is 1. The molecule has 0 atom stereocenters. The lowest BCUT2D eigenvalue weighted by Crippen LogP contribution is -2.20. The summed E-state index contributed by atoms with van der Waals surface area (Å²) in [4.78, 5) is 41.6. The van der Waals surface area contributed by atoms with E-state index in [0.29, 0.717) is 45.5 Å². The summed E-state index contributed by atoms with van der Waals surface area (Å²) in [6, 6.07) is 17.0. The summed E-state index contributed by atoms with van der Waals surface area (Å²) >= 11 is 0. The van der Waals surface area contributed by atoms with Crippen LogP contribution in [0.15, 0.2) is 77.4 Å². The minimum atomic E-state index is -0.372. The van der Waals surface area contributed by atoms with Gasteiger partial charge < -0.3 is 30.0 Å². The molecule has 0 aliphatic carbocycles. The highest BCUT2D eigenvalue weighted by atomic mass is 19.1. The lowest BCUT2D eigenvalue weighted by atomic mass is 9.93. The van der Waals surface area contributed by atoms with E-state index >= 15 is 0 Å². The zero-order chi connectivity index (χ0) is 33.8. The number of likely N-dealkylation sites (N-methyl/N-ethyl adjacent to an activating group) is 1. The molecular formula is C35H44FN3O5. The molecular weight excluding hydrogens is 561 g/mol. The SMILES string of the molecule is C=C(C)NC(=O)c1cccc(-c2cc3c(C(=O)NC)c(-c4ccc(F)cc4)oc3cc2CCNC)c1.C=O.C=O.CC.CC. The largest absolute Gasteiger partial charge is 0.455 e. The number of hydrogen-bond acceptors (Lipinski definition) is 6. The van der Waals surface area contributed by atoms with Crippen LogP contribution in [0, 0.1) is 5.82 Å². The molecule has 0 spiro atoms. The molecule has 44 heavy (non-hydrogen) atoms. The lowest BCUT2D eigenvalue weighted by Gasteiger charge is -2.12. The Bertz CT molecular complexity index is 1490. The van der Waals surface area contributed by atoms with Crippen molar-refractivity contribution in [1.29, 1.82) is 0 Å². The average molecular weight is 606 g/mol. The van der Waals surface area contributed by atoms with Crippen LogP contribution >= 0.6 is 0 Å². The summed E-state index contributed by atoms with van der Waals surface area (Å²) in [5, 5.41) is 9.22. The molecule has 9 heteroatoms. The predicted molar refractivity (Wildman–Crippen MR) is 177 cm³/mol. The van der Waals surface area contributed by atoms with Crippen molar-refractivity contribution in [3.63, 3.8) is 0 Å². The number of benzene rings is 3. The summed E-state index contributed by atoms with van der Waals surface area (Å²) < 4.78 is 19.7. The second-order valence-corrected chi connectivity index (χ2v) is 8.57. The highest BCUT2D eigenvalue weighted by Gasteiger charge is 2.23. The van der Waals surface area contributed by atoms with Gasteiger partial charge >= 0.3 is 0 Å². The van der Waals surface area contributed by atoms with Crippen molar-refractivity contribution < 1.29 is 28.0 Å². The van der Waals surface area contributed by atoms with E-state index in [2.05, 4.69) is 22.5 Å². The van der Waals surface area contributed by atoms with Crippen LogP contribution in [0.2, 0.25) is 0 Å². The van der Waals surface area contributed by atoms with Crippen LogP contribution in [0.1, 0.15) is 60.9 Å². The van der Waals surface area contributed by atoms with E-state index in [4.69, 9.17) is 14.0 Å². The molecule has 0 unspecified atom stereocenters. The van der Waals surface area contributed by atoms with Crippen molar-refractivity contribution in [2.45, 2.75) is 41.0 Å². The molecule has 0 radical (unpaired) electrons. The van der Waals surface area contributed by atoms with E-state index in [-0.39, 0.29) is 17.6 Å². The van der Waals surface area contributed by atoms with Gasteiger partial charge in [-0.1, -0.05) is 46.4 Å². The Labute approximate surface area is 259 Å². The summed E-state index contributed by atoms with van der Waals surface area (Å²) in [6.07, 6.45) is 0.700. The van der Waals surface area contributed by atoms with Crippen molar-refractivity contribution >= 4 is 36.4 Å². The fraction of sp³-hybridized carbons (Fsp3) is 0.257. The highest BCUT2D eigenvalue weighted by Crippen LogP contribution is 2.38. The Morgan fingerprint density at radius 1 is 0.841 bits per heavy atom. The van der Waals surface area contributed by atoms with Gasteiger partial charge in [-0.05, 0) is 92.2 Å². The van der Waals surface area contributed by atoms with Gasteiger partial charge in [0.1, 0.15) is 30.7 Å². The number of allylic oxidation sites excluding steroid dienone is 1. The smallest absolute Gasteiger partial charge is 0.255 e. The summed E-state index contributed by atoms with van der Waals surface area (Å²) in [7, 11) is 3.44. The third kappa shape index (κ3) is 10.1. The van der Waals surface area contributed by atoms with Crippen LogP contribution in [0.3, 0.4) is 0 Å². The average Bonchev–Trinajstić information content (AvgIpc) is 3.45. The first-order chi connectivity index (χ1) is 21.3. The minimum absolute atomic E-state index is 0.241. The number of amides is 2. The Morgan fingerprint density at radius 2 is 1.45 bits per heavy atom. The van der Waals surface area contributed by atoms with Crippen LogP contribution in [-0.2, 0) is 16.0 Å². The zero-order valence-corrected chi connectivity index (χ0v) is 26.7. The molecule has 0 bridgehead atoms. The van der Waals surface area contributed by atoms with Crippen LogP contribution in [0.25, 0.3) is 33.4 Å². The van der Waals surface area contributed by atoms with Crippen LogP contribution in [0.4, 0.5) is 4.39 Å². The van der Waals surface area contributed by atoms with E-state index in [9.17, 15) is 14.0 Å². The topological polar surface area (TPSA) is 118 Å². The zero-order valence-electron chi connectivity index (χ0n) is 26.7. The molecule has 0 aliphatic rings. The molecule has 0 saturated heterocycles. The number of carbonyl (C=O) groups is 4. The number of halogens is 1. The van der Waals surface area contributed by atoms with Gasteiger partial charge in [-0.25, -0.2) is 4.39 Å². The Hall–Kier alpha value is -4.89. The second-order valence-electron chi connectivity index (χ2n) is 8.57. The quantitative estimate of drug-likeness (QED) is 0.200. The molecule has 4 aromatic rings. The maximum Gasteiger partial charge on any atom is 0.255 e. The third-order valence-corrected chi connectivity index (χ3v) is 5.88. The number of furan rings is 1. The van der Waals surface area contributed by atoms with Gasteiger partial charge in [0.05, 0.1) is 5.56 Å². The van der Waals surface area contributed by atoms with Crippen LogP contribution < -0.4 is 16.0 Å². The van der Waals surface area contributed by atoms with Gasteiger partial charge in [0, 0.05) is 29.3 Å². The lowest BCUT2D eigenvalue weighted by molar-refractivity contribution is -0.0987. The van der Waals surface area contributed by atoms with Crippen molar-refractivity contribution in [3.05, 3.63) is 95.4 Å². The molecule has 1 aromatic heterocycles. The first-order valence-electron chi connectivity index (χ1n) is 14.2. The Morgan fingerprint density at radius 3 is 2.00 bits per heavy atom. The van der Waals surface area contributed by atoms with E-state index in [1.165, 1.54) is 12.1 Å².